The van der Waals surface area contributed by atoms with Crippen LogP contribution in [-0.4, -0.2) is 19.2 Å². The third-order valence-electron chi connectivity index (χ3n) is 4.31. The first-order valence-corrected chi connectivity index (χ1v) is 10.5. The Labute approximate surface area is 181 Å². The van der Waals surface area contributed by atoms with Crippen molar-refractivity contribution in [1.29, 1.82) is 0 Å². The molecule has 0 fully saturated rings. The van der Waals surface area contributed by atoms with Gasteiger partial charge < -0.3 is 4.74 Å². The maximum absolute atomic E-state index is 12.7. The molecule has 3 aromatic carbocycles. The van der Waals surface area contributed by atoms with Gasteiger partial charge in [0, 0.05) is 21.6 Å². The predicted octanol–water partition coefficient (Wildman–Crippen LogP) is 6.35. The normalized spacial score (nSPS) is 11.1. The van der Waals surface area contributed by atoms with Gasteiger partial charge in [0.25, 0.3) is 0 Å². The molecule has 144 valence electrons. The molecule has 29 heavy (non-hydrogen) atoms. The molecule has 1 heterocycles. The monoisotopic (exact) mass is 464 g/mol. The van der Waals surface area contributed by atoms with Crippen LogP contribution in [0.5, 0.6) is 5.75 Å². The minimum Gasteiger partial charge on any atom is -0.421 e. The zero-order valence-corrected chi connectivity index (χ0v) is 18.0. The number of carbonyl (C=O) groups is 1. The van der Waals surface area contributed by atoms with Crippen molar-refractivity contribution >= 4 is 55.2 Å². The van der Waals surface area contributed by atoms with Crippen molar-refractivity contribution in [3.8, 4) is 5.75 Å². The molecule has 0 atom stereocenters. The molecular weight excluding hydrogens is 448 g/mol. The number of rotatable bonds is 5. The second-order valence-electron chi connectivity index (χ2n) is 6.30. The molecular formula is C23H17BrN2O2S. The van der Waals surface area contributed by atoms with E-state index in [1.807, 2.05) is 73.8 Å². The number of ether oxygens (including phenoxy) is 1. The van der Waals surface area contributed by atoms with E-state index < -0.39 is 5.97 Å². The van der Waals surface area contributed by atoms with Crippen LogP contribution in [0.25, 0.3) is 10.1 Å². The predicted molar refractivity (Wildman–Crippen MR) is 123 cm³/mol. The molecule has 0 aliphatic heterocycles. The van der Waals surface area contributed by atoms with Gasteiger partial charge in [-0.05, 0) is 42.5 Å². The maximum Gasteiger partial charge on any atom is 0.343 e. The fourth-order valence-corrected chi connectivity index (χ4v) is 4.25. The van der Waals surface area contributed by atoms with Crippen LogP contribution in [0.1, 0.15) is 15.2 Å². The first-order chi connectivity index (χ1) is 14.1. The van der Waals surface area contributed by atoms with Crippen molar-refractivity contribution in [3.05, 3.63) is 93.8 Å². The van der Waals surface area contributed by atoms with Gasteiger partial charge in [-0.1, -0.05) is 52.3 Å². The Balaban J connectivity index is 1.67. The summed E-state index contributed by atoms with van der Waals surface area (Å²) in [5.41, 5.74) is 1.46. The second kappa shape index (κ2) is 8.59. The number of carbonyl (C=O) groups excluding carboxylic acids is 1. The summed E-state index contributed by atoms with van der Waals surface area (Å²) in [5.74, 6) is 0.127. The molecule has 0 amide bonds. The van der Waals surface area contributed by atoms with Gasteiger partial charge in [-0.3, -0.25) is 5.01 Å². The SMILES string of the molecule is CN(/N=C\c1sc2ccccc2c1OC(=O)c1cccc(Br)c1)c1ccccc1. The van der Waals surface area contributed by atoms with Gasteiger partial charge in [-0.25, -0.2) is 4.79 Å². The molecule has 0 saturated carbocycles. The third-order valence-corrected chi connectivity index (χ3v) is 5.89. The molecule has 0 bridgehead atoms. The van der Waals surface area contributed by atoms with E-state index in [-0.39, 0.29) is 0 Å². The lowest BCUT2D eigenvalue weighted by molar-refractivity contribution is 0.0737. The van der Waals surface area contributed by atoms with Crippen LogP contribution < -0.4 is 9.75 Å². The molecule has 1 aromatic heterocycles. The quantitative estimate of drug-likeness (QED) is 0.196. The van der Waals surface area contributed by atoms with Crippen LogP contribution in [0, 0.1) is 0 Å². The lowest BCUT2D eigenvalue weighted by Gasteiger charge is -2.12. The van der Waals surface area contributed by atoms with E-state index in [4.69, 9.17) is 4.74 Å². The number of anilines is 1. The summed E-state index contributed by atoms with van der Waals surface area (Å²) < 4.78 is 7.68. The van der Waals surface area contributed by atoms with E-state index in [1.54, 1.807) is 23.4 Å². The first-order valence-electron chi connectivity index (χ1n) is 8.94. The molecule has 4 aromatic rings. The molecule has 0 radical (unpaired) electrons. The highest BCUT2D eigenvalue weighted by Crippen LogP contribution is 2.37. The van der Waals surface area contributed by atoms with Crippen LogP contribution in [0.2, 0.25) is 0 Å². The Kier molecular flexibility index (Phi) is 5.74. The molecule has 0 N–H and O–H groups in total. The van der Waals surface area contributed by atoms with Gasteiger partial charge in [0.2, 0.25) is 0 Å². The summed E-state index contributed by atoms with van der Waals surface area (Å²) in [6.45, 7) is 0. The molecule has 0 aliphatic rings. The van der Waals surface area contributed by atoms with Crippen molar-refractivity contribution in [2.45, 2.75) is 0 Å². The molecule has 4 nitrogen and oxygen atoms in total. The van der Waals surface area contributed by atoms with Gasteiger partial charge in [0.15, 0.2) is 5.75 Å². The number of halogens is 1. The number of thiophene rings is 1. The Bertz CT molecular complexity index is 1190. The highest BCUT2D eigenvalue weighted by molar-refractivity contribution is 9.10. The molecule has 6 heteroatoms. The Morgan fingerprint density at radius 2 is 1.79 bits per heavy atom. The smallest absolute Gasteiger partial charge is 0.343 e. The number of fused-ring (bicyclic) bond motifs is 1. The number of hydrogen-bond acceptors (Lipinski definition) is 5. The van der Waals surface area contributed by atoms with Gasteiger partial charge in [-0.15, -0.1) is 11.3 Å². The molecule has 0 saturated heterocycles. The van der Waals surface area contributed by atoms with Crippen molar-refractivity contribution in [2.24, 2.45) is 5.10 Å². The van der Waals surface area contributed by atoms with Gasteiger partial charge >= 0.3 is 5.97 Å². The van der Waals surface area contributed by atoms with Gasteiger partial charge in [-0.2, -0.15) is 5.10 Å². The minimum absolute atomic E-state index is 0.402. The summed E-state index contributed by atoms with van der Waals surface area (Å²) in [6.07, 6.45) is 1.74. The van der Waals surface area contributed by atoms with Crippen LogP contribution in [0.4, 0.5) is 5.69 Å². The fourth-order valence-electron chi connectivity index (χ4n) is 2.85. The standard InChI is InChI=1S/C23H17BrN2O2S/c1-26(18-10-3-2-4-11-18)25-15-21-22(19-12-5-6-13-20(19)29-21)28-23(27)16-8-7-9-17(24)14-16/h2-15H,1H3/b25-15-. The summed E-state index contributed by atoms with van der Waals surface area (Å²) in [5, 5.41) is 7.21. The topological polar surface area (TPSA) is 41.9 Å². The van der Waals surface area contributed by atoms with E-state index in [0.717, 1.165) is 25.1 Å². The zero-order chi connectivity index (χ0) is 20.2. The van der Waals surface area contributed by atoms with Crippen molar-refractivity contribution in [2.75, 3.05) is 12.1 Å². The molecule has 0 spiro atoms. The summed E-state index contributed by atoms with van der Waals surface area (Å²) in [4.78, 5) is 13.5. The number of nitrogens with zero attached hydrogens (tertiary/aromatic N) is 2. The highest BCUT2D eigenvalue weighted by Gasteiger charge is 2.17. The molecule has 4 rings (SSSR count). The van der Waals surface area contributed by atoms with E-state index in [1.165, 1.54) is 11.3 Å². The first kappa shape index (κ1) is 19.4. The highest BCUT2D eigenvalue weighted by atomic mass is 79.9. The number of hydrogen-bond donors (Lipinski definition) is 0. The van der Waals surface area contributed by atoms with Crippen molar-refractivity contribution in [1.82, 2.24) is 0 Å². The largest absolute Gasteiger partial charge is 0.421 e. The van der Waals surface area contributed by atoms with E-state index >= 15 is 0 Å². The summed E-state index contributed by atoms with van der Waals surface area (Å²) in [7, 11) is 1.88. The van der Waals surface area contributed by atoms with Crippen LogP contribution in [0.3, 0.4) is 0 Å². The summed E-state index contributed by atoms with van der Waals surface area (Å²) >= 11 is 4.93. The molecule has 0 aliphatic carbocycles. The Morgan fingerprint density at radius 1 is 1.03 bits per heavy atom. The lowest BCUT2D eigenvalue weighted by atomic mass is 10.2. The summed E-state index contributed by atoms with van der Waals surface area (Å²) in [6, 6.07) is 24.9. The van der Waals surface area contributed by atoms with Gasteiger partial charge in [0.1, 0.15) is 0 Å². The van der Waals surface area contributed by atoms with E-state index in [2.05, 4.69) is 21.0 Å². The molecule has 0 unspecified atom stereocenters. The number of hydrazone groups is 1. The average molecular weight is 465 g/mol. The zero-order valence-electron chi connectivity index (χ0n) is 15.6. The van der Waals surface area contributed by atoms with Gasteiger partial charge in [0.05, 0.1) is 22.3 Å². The maximum atomic E-state index is 12.7. The fraction of sp³-hybridized carbons (Fsp3) is 0.0435. The Hall–Kier alpha value is -2.96. The second-order valence-corrected chi connectivity index (χ2v) is 8.29. The van der Waals surface area contributed by atoms with E-state index in [0.29, 0.717) is 11.3 Å². The van der Waals surface area contributed by atoms with E-state index in [9.17, 15) is 4.79 Å². The third kappa shape index (κ3) is 4.39. The number of benzene rings is 3. The van der Waals surface area contributed by atoms with Crippen molar-refractivity contribution < 1.29 is 9.53 Å². The minimum atomic E-state index is -0.402. The lowest BCUT2D eigenvalue weighted by Crippen LogP contribution is -2.10. The van der Waals surface area contributed by atoms with Crippen LogP contribution in [0.15, 0.2) is 88.4 Å². The number of esters is 1. The van der Waals surface area contributed by atoms with Crippen LogP contribution in [-0.2, 0) is 0 Å². The number of para-hydroxylation sites is 1. The van der Waals surface area contributed by atoms with Crippen LogP contribution >= 0.6 is 27.3 Å². The Morgan fingerprint density at radius 3 is 2.59 bits per heavy atom. The van der Waals surface area contributed by atoms with Crippen molar-refractivity contribution in [3.63, 3.8) is 0 Å². The average Bonchev–Trinajstić information content (AvgIpc) is 3.10.